The molecular weight excluding hydrogens is 356 g/mol. The van der Waals surface area contributed by atoms with Crippen LogP contribution in [0.15, 0.2) is 48.5 Å². The van der Waals surface area contributed by atoms with Crippen molar-refractivity contribution in [2.24, 2.45) is 0 Å². The highest BCUT2D eigenvalue weighted by molar-refractivity contribution is 5.90. The van der Waals surface area contributed by atoms with E-state index in [9.17, 15) is 4.79 Å². The van der Waals surface area contributed by atoms with E-state index in [0.29, 0.717) is 19.7 Å². The Morgan fingerprint density at radius 1 is 1.11 bits per heavy atom. The maximum atomic E-state index is 12.3. The Hall–Kier alpha value is -2.57. The van der Waals surface area contributed by atoms with Crippen LogP contribution in [0.4, 0.5) is 10.5 Å². The van der Waals surface area contributed by atoms with Gasteiger partial charge in [-0.2, -0.15) is 0 Å². The lowest BCUT2D eigenvalue weighted by molar-refractivity contribution is -0.0893. The molecule has 0 aromatic heterocycles. The Morgan fingerprint density at radius 3 is 2.39 bits per heavy atom. The van der Waals surface area contributed by atoms with Crippen LogP contribution in [0.25, 0.3) is 0 Å². The van der Waals surface area contributed by atoms with Gasteiger partial charge < -0.3 is 24.4 Å². The fourth-order valence-electron chi connectivity index (χ4n) is 3.69. The number of amides is 2. The van der Waals surface area contributed by atoms with Crippen molar-refractivity contribution in [2.75, 3.05) is 38.7 Å². The third-order valence-electron chi connectivity index (χ3n) is 5.29. The van der Waals surface area contributed by atoms with Gasteiger partial charge in [-0.1, -0.05) is 12.1 Å². The van der Waals surface area contributed by atoms with Gasteiger partial charge in [0.25, 0.3) is 0 Å². The minimum Gasteiger partial charge on any atom is -0.457 e. The average Bonchev–Trinajstić information content (AvgIpc) is 3.18. The molecule has 28 heavy (non-hydrogen) atoms. The normalized spacial score (nSPS) is 17.4. The lowest BCUT2D eigenvalue weighted by Gasteiger charge is -2.46. The fourth-order valence-corrected chi connectivity index (χ4v) is 3.69. The Kier molecular flexibility index (Phi) is 5.50. The number of nitrogens with one attached hydrogen (secondary N) is 1. The lowest BCUT2D eigenvalue weighted by atomic mass is 9.91. The predicted molar refractivity (Wildman–Crippen MR) is 107 cm³/mol. The molecule has 0 atom stereocenters. The van der Waals surface area contributed by atoms with Crippen molar-refractivity contribution in [1.82, 2.24) is 4.90 Å². The summed E-state index contributed by atoms with van der Waals surface area (Å²) in [6, 6.07) is 15.3. The topological polar surface area (TPSA) is 60.0 Å². The van der Waals surface area contributed by atoms with E-state index in [0.717, 1.165) is 43.1 Å². The Balaban J connectivity index is 1.27. The number of hydrogen-bond acceptors (Lipinski definition) is 4. The Morgan fingerprint density at radius 2 is 1.79 bits per heavy atom. The van der Waals surface area contributed by atoms with E-state index in [1.807, 2.05) is 48.5 Å². The molecule has 2 fully saturated rings. The van der Waals surface area contributed by atoms with Crippen LogP contribution in [0.1, 0.15) is 18.4 Å². The summed E-state index contributed by atoms with van der Waals surface area (Å²) in [5.74, 6) is 1.50. The number of anilines is 1. The summed E-state index contributed by atoms with van der Waals surface area (Å²) in [7, 11) is 1.70. The molecule has 2 amide bonds. The minimum atomic E-state index is -0.0820. The zero-order chi connectivity index (χ0) is 19.4. The summed E-state index contributed by atoms with van der Waals surface area (Å²) in [6.45, 7) is 2.88. The van der Waals surface area contributed by atoms with Gasteiger partial charge in [0.15, 0.2) is 0 Å². The number of carbonyl (C=O) groups is 1. The lowest BCUT2D eigenvalue weighted by Crippen LogP contribution is -2.63. The maximum Gasteiger partial charge on any atom is 0.322 e. The molecule has 2 aliphatic heterocycles. The molecule has 1 spiro atoms. The molecule has 6 heteroatoms. The molecule has 0 bridgehead atoms. The number of ether oxygens (including phenoxy) is 3. The van der Waals surface area contributed by atoms with Gasteiger partial charge in [-0.05, 0) is 61.2 Å². The third kappa shape index (κ3) is 4.29. The number of methoxy groups -OCH3 is 1. The summed E-state index contributed by atoms with van der Waals surface area (Å²) in [4.78, 5) is 14.1. The molecular formula is C22H26N2O4. The summed E-state index contributed by atoms with van der Waals surface area (Å²) in [6.07, 6.45) is 3.03. The van der Waals surface area contributed by atoms with Gasteiger partial charge in [-0.3, -0.25) is 0 Å². The summed E-state index contributed by atoms with van der Waals surface area (Å²) in [5, 5.41) is 2.93. The van der Waals surface area contributed by atoms with Crippen LogP contribution in [0.2, 0.25) is 0 Å². The van der Waals surface area contributed by atoms with Gasteiger partial charge >= 0.3 is 6.03 Å². The van der Waals surface area contributed by atoms with Gasteiger partial charge in [0.05, 0.1) is 19.7 Å². The van der Waals surface area contributed by atoms with Crippen LogP contribution in [0.5, 0.6) is 11.5 Å². The number of likely N-dealkylation sites (tertiary alicyclic amines) is 1. The molecule has 2 heterocycles. The summed E-state index contributed by atoms with van der Waals surface area (Å²) < 4.78 is 16.7. The van der Waals surface area contributed by atoms with Gasteiger partial charge in [0, 0.05) is 19.4 Å². The van der Waals surface area contributed by atoms with E-state index >= 15 is 0 Å². The largest absolute Gasteiger partial charge is 0.457 e. The molecule has 2 aromatic rings. The van der Waals surface area contributed by atoms with Crippen LogP contribution in [-0.4, -0.2) is 49.9 Å². The van der Waals surface area contributed by atoms with Crippen LogP contribution in [-0.2, 0) is 15.9 Å². The van der Waals surface area contributed by atoms with Gasteiger partial charge in [-0.25, -0.2) is 4.79 Å². The first-order chi connectivity index (χ1) is 13.7. The van der Waals surface area contributed by atoms with Crippen LogP contribution >= 0.6 is 0 Å². The smallest absolute Gasteiger partial charge is 0.322 e. The highest BCUT2D eigenvalue weighted by Crippen LogP contribution is 2.35. The Labute approximate surface area is 165 Å². The maximum absolute atomic E-state index is 12.3. The van der Waals surface area contributed by atoms with Crippen molar-refractivity contribution in [1.29, 1.82) is 0 Å². The second-order valence-electron chi connectivity index (χ2n) is 7.43. The van der Waals surface area contributed by atoms with Crippen LogP contribution in [0, 0.1) is 0 Å². The molecule has 0 unspecified atom stereocenters. The minimum absolute atomic E-state index is 0.0752. The summed E-state index contributed by atoms with van der Waals surface area (Å²) >= 11 is 0. The number of benzene rings is 2. The molecule has 1 N–H and O–H groups in total. The van der Waals surface area contributed by atoms with Crippen molar-refractivity contribution in [3.8, 4) is 11.5 Å². The standard InChI is InChI=1S/C22H26N2O4/c1-26-14-11-17-3-7-19(8-4-17)28-20-9-5-18(6-10-20)23-21(25)24-15-22(16-24)12-2-13-27-22/h3-10H,2,11-16H2,1H3,(H,23,25). The number of hydrogen-bond donors (Lipinski definition) is 1. The van der Waals surface area contributed by atoms with E-state index in [1.54, 1.807) is 12.0 Å². The zero-order valence-electron chi connectivity index (χ0n) is 16.1. The van der Waals surface area contributed by atoms with Crippen molar-refractivity contribution >= 4 is 11.7 Å². The van der Waals surface area contributed by atoms with E-state index in [1.165, 1.54) is 5.56 Å². The average molecular weight is 382 g/mol. The number of carbonyl (C=O) groups excluding carboxylic acids is 1. The van der Waals surface area contributed by atoms with Gasteiger partial charge in [-0.15, -0.1) is 0 Å². The first-order valence-electron chi connectivity index (χ1n) is 9.72. The molecule has 2 saturated heterocycles. The van der Waals surface area contributed by atoms with E-state index in [-0.39, 0.29) is 11.6 Å². The van der Waals surface area contributed by atoms with Crippen molar-refractivity contribution in [2.45, 2.75) is 24.9 Å². The van der Waals surface area contributed by atoms with Crippen molar-refractivity contribution in [3.05, 3.63) is 54.1 Å². The molecule has 2 aromatic carbocycles. The highest BCUT2D eigenvalue weighted by atomic mass is 16.5. The van der Waals surface area contributed by atoms with E-state index in [2.05, 4.69) is 5.32 Å². The Bertz CT molecular complexity index is 790. The molecule has 6 nitrogen and oxygen atoms in total. The first-order valence-corrected chi connectivity index (χ1v) is 9.72. The van der Waals surface area contributed by atoms with Gasteiger partial charge in [0.1, 0.15) is 17.1 Å². The van der Waals surface area contributed by atoms with Crippen molar-refractivity contribution < 1.29 is 19.0 Å². The zero-order valence-corrected chi connectivity index (χ0v) is 16.1. The van der Waals surface area contributed by atoms with Gasteiger partial charge in [0.2, 0.25) is 0 Å². The monoisotopic (exact) mass is 382 g/mol. The second kappa shape index (κ2) is 8.20. The highest BCUT2D eigenvalue weighted by Gasteiger charge is 2.48. The second-order valence-corrected chi connectivity index (χ2v) is 7.43. The number of urea groups is 1. The molecule has 4 rings (SSSR count). The molecule has 0 radical (unpaired) electrons. The van der Waals surface area contributed by atoms with Crippen molar-refractivity contribution in [3.63, 3.8) is 0 Å². The third-order valence-corrected chi connectivity index (χ3v) is 5.29. The molecule has 2 aliphatic rings. The SMILES string of the molecule is COCCc1ccc(Oc2ccc(NC(=O)N3CC4(CCCO4)C3)cc2)cc1. The molecule has 148 valence electrons. The van der Waals surface area contributed by atoms with E-state index in [4.69, 9.17) is 14.2 Å². The summed E-state index contributed by atoms with van der Waals surface area (Å²) in [5.41, 5.74) is 1.89. The first kappa shape index (κ1) is 18.8. The van der Waals surface area contributed by atoms with E-state index < -0.39 is 0 Å². The number of nitrogens with zero attached hydrogens (tertiary/aromatic N) is 1. The molecule has 0 saturated carbocycles. The number of rotatable bonds is 6. The predicted octanol–water partition coefficient (Wildman–Crippen LogP) is 4.06. The fraction of sp³-hybridized carbons (Fsp3) is 0.409. The molecule has 0 aliphatic carbocycles. The van der Waals surface area contributed by atoms with Crippen LogP contribution < -0.4 is 10.1 Å². The van der Waals surface area contributed by atoms with Crippen LogP contribution in [0.3, 0.4) is 0 Å². The quantitative estimate of drug-likeness (QED) is 0.818.